The van der Waals surface area contributed by atoms with E-state index in [-0.39, 0.29) is 23.9 Å². The number of carbonyl (C=O) groups excluding carboxylic acids is 1. The molecule has 3 heterocycles. The van der Waals surface area contributed by atoms with Gasteiger partial charge in [0.1, 0.15) is 0 Å². The Labute approximate surface area is 229 Å². The Kier molecular flexibility index (Phi) is 7.31. The van der Waals surface area contributed by atoms with Gasteiger partial charge in [-0.15, -0.1) is 23.1 Å². The summed E-state index contributed by atoms with van der Waals surface area (Å²) in [5, 5.41) is 5.35. The zero-order valence-electron chi connectivity index (χ0n) is 21.3. The lowest BCUT2D eigenvalue weighted by Gasteiger charge is -2.37. The molecule has 1 fully saturated rings. The molecule has 1 aromatic carbocycles. The first-order valence-electron chi connectivity index (χ1n) is 12.3. The Morgan fingerprint density at radius 3 is 2.65 bits per heavy atom. The van der Waals surface area contributed by atoms with Crippen LogP contribution in [-0.4, -0.2) is 27.9 Å². The lowest BCUT2D eigenvalue weighted by Crippen LogP contribution is -2.44. The average Bonchev–Trinajstić information content (AvgIpc) is 3.54. The summed E-state index contributed by atoms with van der Waals surface area (Å²) in [7, 11) is 0. The molecule has 10 heteroatoms. The van der Waals surface area contributed by atoms with E-state index in [9.17, 15) is 9.59 Å². The Morgan fingerprint density at radius 1 is 1.24 bits per heavy atom. The molecule has 0 bridgehead atoms. The number of thioether (sulfide) groups is 1. The van der Waals surface area contributed by atoms with Gasteiger partial charge in [0.05, 0.1) is 16.2 Å². The molecule has 1 amide bonds. The number of halogens is 1. The monoisotopic (exact) mass is 559 g/mol. The van der Waals surface area contributed by atoms with Crippen LogP contribution in [0, 0.1) is 19.8 Å². The SMILES string of the molecule is CSc1cc(C)[nH]c(=O)c1CNC(=O)c1cc(Cl)c2c(c1C)OC(C)(C1CCC(c3cscn3)CC1)O2. The maximum absolute atomic E-state index is 13.2. The average molecular weight is 560 g/mol. The number of amides is 1. The number of rotatable bonds is 6. The zero-order chi connectivity index (χ0) is 26.3. The van der Waals surface area contributed by atoms with Crippen LogP contribution < -0.4 is 20.3 Å². The fourth-order valence-corrected chi connectivity index (χ4v) is 6.96. The van der Waals surface area contributed by atoms with E-state index in [1.807, 2.05) is 38.6 Å². The van der Waals surface area contributed by atoms with E-state index < -0.39 is 5.79 Å². The van der Waals surface area contributed by atoms with Gasteiger partial charge in [0, 0.05) is 58.0 Å². The normalized spacial score (nSPS) is 22.7. The minimum Gasteiger partial charge on any atom is -0.448 e. The second kappa shape index (κ2) is 10.3. The molecule has 5 rings (SSSR count). The lowest BCUT2D eigenvalue weighted by atomic mass is 9.77. The summed E-state index contributed by atoms with van der Waals surface area (Å²) in [5.74, 6) is 0.500. The number of benzene rings is 1. The zero-order valence-corrected chi connectivity index (χ0v) is 23.7. The predicted octanol–water partition coefficient (Wildman–Crippen LogP) is 6.21. The molecular weight excluding hydrogens is 530 g/mol. The molecule has 7 nitrogen and oxygen atoms in total. The van der Waals surface area contributed by atoms with Gasteiger partial charge in [-0.05, 0) is 57.9 Å². The third-order valence-corrected chi connectivity index (χ3v) is 9.20. The topological polar surface area (TPSA) is 93.3 Å². The first-order valence-corrected chi connectivity index (χ1v) is 14.9. The van der Waals surface area contributed by atoms with E-state index in [4.69, 9.17) is 21.1 Å². The van der Waals surface area contributed by atoms with Crippen LogP contribution in [0.5, 0.6) is 11.5 Å². The number of nitrogens with zero attached hydrogens (tertiary/aromatic N) is 1. The molecule has 2 aromatic heterocycles. The maximum Gasteiger partial charge on any atom is 0.254 e. The van der Waals surface area contributed by atoms with Gasteiger partial charge in [0.25, 0.3) is 17.3 Å². The summed E-state index contributed by atoms with van der Waals surface area (Å²) in [4.78, 5) is 33.8. The smallest absolute Gasteiger partial charge is 0.254 e. The fourth-order valence-electron chi connectivity index (χ4n) is 5.38. The standard InChI is InChI=1S/C27H30ClN3O4S2/c1-14-9-22(36-4)19(26(33)31-14)11-29-25(32)18-10-20(28)24-23(15(18)2)34-27(3,35-24)17-7-5-16(6-8-17)21-12-37-13-30-21/h9-10,12-13,16-17H,5-8,11H2,1-4H3,(H,29,32)(H,31,33). The minimum absolute atomic E-state index is 0.107. The molecule has 1 aliphatic heterocycles. The minimum atomic E-state index is -0.846. The molecule has 196 valence electrons. The Bertz CT molecular complexity index is 1380. The van der Waals surface area contributed by atoms with Gasteiger partial charge in [-0.1, -0.05) is 11.6 Å². The Morgan fingerprint density at radius 2 is 1.97 bits per heavy atom. The molecule has 0 spiro atoms. The maximum atomic E-state index is 13.2. The molecule has 0 radical (unpaired) electrons. The summed E-state index contributed by atoms with van der Waals surface area (Å²) in [6.07, 6.45) is 5.89. The number of pyridine rings is 1. The van der Waals surface area contributed by atoms with E-state index in [2.05, 4.69) is 20.7 Å². The van der Waals surface area contributed by atoms with Gasteiger partial charge in [0.15, 0.2) is 11.5 Å². The van der Waals surface area contributed by atoms with E-state index in [0.717, 1.165) is 36.3 Å². The van der Waals surface area contributed by atoms with Gasteiger partial charge in [0.2, 0.25) is 0 Å². The van der Waals surface area contributed by atoms with Gasteiger partial charge < -0.3 is 19.8 Å². The van der Waals surface area contributed by atoms with Crippen molar-refractivity contribution in [3.63, 3.8) is 0 Å². The molecular formula is C27H30ClN3O4S2. The van der Waals surface area contributed by atoms with Gasteiger partial charge in [-0.25, -0.2) is 4.98 Å². The first-order chi connectivity index (χ1) is 17.7. The molecule has 2 aliphatic rings. The number of aryl methyl sites for hydroxylation is 1. The van der Waals surface area contributed by atoms with Crippen molar-refractivity contribution >= 4 is 40.6 Å². The Balaban J connectivity index is 1.31. The van der Waals surface area contributed by atoms with Gasteiger partial charge >= 0.3 is 0 Å². The highest BCUT2D eigenvalue weighted by Gasteiger charge is 2.47. The molecule has 2 N–H and O–H groups in total. The number of ether oxygens (including phenoxy) is 2. The molecule has 3 aromatic rings. The molecule has 1 saturated carbocycles. The van der Waals surface area contributed by atoms with Gasteiger partial charge in [-0.2, -0.15) is 0 Å². The number of fused-ring (bicyclic) bond motifs is 1. The fraction of sp³-hybridized carbons (Fsp3) is 0.444. The highest BCUT2D eigenvalue weighted by Crippen LogP contribution is 2.52. The van der Waals surface area contributed by atoms with Crippen molar-refractivity contribution in [2.75, 3.05) is 6.26 Å². The molecule has 1 aliphatic carbocycles. The van der Waals surface area contributed by atoms with Gasteiger partial charge in [-0.3, -0.25) is 9.59 Å². The second-order valence-corrected chi connectivity index (χ2v) is 11.9. The van der Waals surface area contributed by atoms with E-state index in [0.29, 0.717) is 39.1 Å². The van der Waals surface area contributed by atoms with Crippen molar-refractivity contribution in [1.29, 1.82) is 0 Å². The number of aromatic nitrogens is 2. The van der Waals surface area contributed by atoms with Crippen LogP contribution in [0.2, 0.25) is 5.02 Å². The summed E-state index contributed by atoms with van der Waals surface area (Å²) in [6.45, 7) is 5.74. The van der Waals surface area contributed by atoms with Crippen molar-refractivity contribution < 1.29 is 14.3 Å². The largest absolute Gasteiger partial charge is 0.448 e. The highest BCUT2D eigenvalue weighted by molar-refractivity contribution is 7.98. The summed E-state index contributed by atoms with van der Waals surface area (Å²) in [5.41, 5.74) is 5.24. The van der Waals surface area contributed by atoms with E-state index >= 15 is 0 Å². The Hall–Kier alpha value is -2.49. The molecule has 1 unspecified atom stereocenters. The predicted molar refractivity (Wildman–Crippen MR) is 147 cm³/mol. The van der Waals surface area contributed by atoms with Crippen molar-refractivity contribution in [3.05, 3.63) is 66.5 Å². The van der Waals surface area contributed by atoms with E-state index in [1.54, 1.807) is 17.4 Å². The lowest BCUT2D eigenvalue weighted by molar-refractivity contribution is -0.121. The van der Waals surface area contributed by atoms with Crippen LogP contribution in [0.1, 0.15) is 71.4 Å². The quantitative estimate of drug-likeness (QED) is 0.348. The van der Waals surface area contributed by atoms with E-state index in [1.165, 1.54) is 17.5 Å². The van der Waals surface area contributed by atoms with Crippen molar-refractivity contribution in [3.8, 4) is 11.5 Å². The number of H-pyrrole nitrogens is 1. The number of thiazole rings is 1. The first kappa shape index (κ1) is 26.1. The third-order valence-electron chi connectivity index (χ3n) is 7.51. The summed E-state index contributed by atoms with van der Waals surface area (Å²) < 4.78 is 12.8. The molecule has 0 saturated heterocycles. The second-order valence-electron chi connectivity index (χ2n) is 9.88. The number of hydrogen-bond acceptors (Lipinski definition) is 7. The number of aromatic amines is 1. The van der Waals surface area contributed by atoms with Crippen molar-refractivity contribution in [2.45, 2.75) is 69.6 Å². The van der Waals surface area contributed by atoms with Crippen LogP contribution in [0.4, 0.5) is 0 Å². The van der Waals surface area contributed by atoms with Crippen molar-refractivity contribution in [1.82, 2.24) is 15.3 Å². The van der Waals surface area contributed by atoms with Crippen LogP contribution in [0.25, 0.3) is 0 Å². The van der Waals surface area contributed by atoms with Crippen LogP contribution in [0.3, 0.4) is 0 Å². The third kappa shape index (κ3) is 5.01. The number of hydrogen-bond donors (Lipinski definition) is 2. The summed E-state index contributed by atoms with van der Waals surface area (Å²) in [6, 6.07) is 3.52. The molecule has 37 heavy (non-hydrogen) atoms. The van der Waals surface area contributed by atoms with Crippen molar-refractivity contribution in [2.24, 2.45) is 5.92 Å². The van der Waals surface area contributed by atoms with Crippen LogP contribution in [0.15, 0.2) is 32.7 Å². The summed E-state index contributed by atoms with van der Waals surface area (Å²) >= 11 is 9.71. The molecule has 1 atom stereocenters. The van der Waals surface area contributed by atoms with Crippen LogP contribution in [-0.2, 0) is 6.54 Å². The number of nitrogens with one attached hydrogen (secondary N) is 2. The van der Waals surface area contributed by atoms with Crippen LogP contribution >= 0.6 is 34.7 Å². The number of carbonyl (C=O) groups is 1. The highest BCUT2D eigenvalue weighted by atomic mass is 35.5.